The van der Waals surface area contributed by atoms with Crippen LogP contribution in [-0.4, -0.2) is 54.4 Å². The first-order chi connectivity index (χ1) is 17.4. The van der Waals surface area contributed by atoms with Gasteiger partial charge in [0.2, 0.25) is 0 Å². The van der Waals surface area contributed by atoms with E-state index in [1.807, 2.05) is 12.1 Å². The Labute approximate surface area is 213 Å². The van der Waals surface area contributed by atoms with Crippen molar-refractivity contribution in [1.82, 2.24) is 4.90 Å². The van der Waals surface area contributed by atoms with Crippen molar-refractivity contribution in [3.63, 3.8) is 0 Å². The predicted molar refractivity (Wildman–Crippen MR) is 139 cm³/mol. The van der Waals surface area contributed by atoms with E-state index < -0.39 is 17.9 Å². The van der Waals surface area contributed by atoms with Gasteiger partial charge in [0.05, 0.1) is 6.54 Å². The summed E-state index contributed by atoms with van der Waals surface area (Å²) in [6, 6.07) is 12.8. The summed E-state index contributed by atoms with van der Waals surface area (Å²) in [5, 5.41) is 12.1. The molecule has 2 amide bonds. The Morgan fingerprint density at radius 3 is 2.33 bits per heavy atom. The number of ether oxygens (including phenoxy) is 2. The van der Waals surface area contributed by atoms with Gasteiger partial charge in [-0.25, -0.2) is 14.0 Å². The van der Waals surface area contributed by atoms with Crippen LogP contribution in [0.25, 0.3) is 0 Å². The molecule has 2 aromatic rings. The highest BCUT2D eigenvalue weighted by atomic mass is 19.1. The van der Waals surface area contributed by atoms with Crippen LogP contribution in [0.4, 0.5) is 14.9 Å². The number of carboxylic acid groups (broad SMARTS) is 1. The Bertz CT molecular complexity index is 932. The highest BCUT2D eigenvalue weighted by Crippen LogP contribution is 2.18. The van der Waals surface area contributed by atoms with E-state index in [4.69, 9.17) is 9.47 Å². The lowest BCUT2D eigenvalue weighted by molar-refractivity contribution is -0.149. The first kappa shape index (κ1) is 29.1. The van der Waals surface area contributed by atoms with Gasteiger partial charge in [0.25, 0.3) is 0 Å². The van der Waals surface area contributed by atoms with Gasteiger partial charge in [0.1, 0.15) is 18.2 Å². The maximum atomic E-state index is 13.6. The van der Waals surface area contributed by atoms with Gasteiger partial charge >= 0.3 is 12.0 Å². The van der Waals surface area contributed by atoms with Crippen molar-refractivity contribution in [2.75, 3.05) is 31.6 Å². The lowest BCUT2D eigenvalue weighted by atomic mass is 9.98. The van der Waals surface area contributed by atoms with Gasteiger partial charge < -0.3 is 24.8 Å². The zero-order chi connectivity index (χ0) is 26.3. The maximum absolute atomic E-state index is 13.6. The highest BCUT2D eigenvalue weighted by molar-refractivity contribution is 5.89. The van der Waals surface area contributed by atoms with Crippen LogP contribution in [0.2, 0.25) is 0 Å². The van der Waals surface area contributed by atoms with Crippen molar-refractivity contribution < 1.29 is 28.6 Å². The van der Waals surface area contributed by atoms with Crippen molar-refractivity contribution >= 4 is 17.7 Å². The van der Waals surface area contributed by atoms with Gasteiger partial charge in [-0.1, -0.05) is 44.9 Å². The lowest BCUT2D eigenvalue weighted by Gasteiger charge is -2.28. The fourth-order valence-electron chi connectivity index (χ4n) is 4.13. The van der Waals surface area contributed by atoms with E-state index in [0.717, 1.165) is 31.2 Å². The average Bonchev–Trinajstić information content (AvgIpc) is 2.84. The van der Waals surface area contributed by atoms with E-state index in [9.17, 15) is 19.1 Å². The number of urea groups is 1. The van der Waals surface area contributed by atoms with Crippen LogP contribution in [-0.2, 0) is 16.0 Å². The summed E-state index contributed by atoms with van der Waals surface area (Å²) in [4.78, 5) is 26.1. The summed E-state index contributed by atoms with van der Waals surface area (Å²) < 4.78 is 24.7. The number of carboxylic acids is 1. The molecule has 2 N–H and O–H groups in total. The third-order valence-electron chi connectivity index (χ3n) is 5.85. The molecule has 0 spiro atoms. The first-order valence-corrected chi connectivity index (χ1v) is 12.7. The minimum absolute atomic E-state index is 0.272. The standard InChI is InChI=1S/C28H39FN2O5/c1-4-8-22(9-5-2)20-31(28(34)30-24-11-7-10-23(29)19-24)16-17-36-25-14-12-21(13-15-25)18-26(27(32)33)35-6-3/h7,10-15,19,22,26H,4-6,8-9,16-18,20H2,1-3H3,(H,30,34)(H,32,33). The Balaban J connectivity index is 2.00. The molecule has 1 atom stereocenters. The zero-order valence-electron chi connectivity index (χ0n) is 21.5. The van der Waals surface area contributed by atoms with Gasteiger partial charge in [0, 0.05) is 25.3 Å². The number of halogens is 1. The number of nitrogens with one attached hydrogen (secondary N) is 1. The molecule has 7 nitrogen and oxygen atoms in total. The maximum Gasteiger partial charge on any atom is 0.333 e. The van der Waals surface area contributed by atoms with Crippen LogP contribution in [0.15, 0.2) is 48.5 Å². The van der Waals surface area contributed by atoms with Gasteiger partial charge in [-0.15, -0.1) is 0 Å². The minimum atomic E-state index is -0.988. The van der Waals surface area contributed by atoms with Crippen molar-refractivity contribution in [2.45, 2.75) is 59.0 Å². The van der Waals surface area contributed by atoms with Gasteiger partial charge in [-0.3, -0.25) is 0 Å². The lowest BCUT2D eigenvalue weighted by Crippen LogP contribution is -2.41. The molecule has 0 aliphatic rings. The van der Waals surface area contributed by atoms with Gasteiger partial charge in [0.15, 0.2) is 6.10 Å². The van der Waals surface area contributed by atoms with Crippen LogP contribution >= 0.6 is 0 Å². The molecule has 36 heavy (non-hydrogen) atoms. The molecule has 2 rings (SSSR count). The molecule has 1 unspecified atom stereocenters. The van der Waals surface area contributed by atoms with E-state index in [-0.39, 0.29) is 19.1 Å². The second-order valence-electron chi connectivity index (χ2n) is 8.81. The third-order valence-corrected chi connectivity index (χ3v) is 5.85. The first-order valence-electron chi connectivity index (χ1n) is 12.7. The number of nitrogens with zero attached hydrogens (tertiary/aromatic N) is 1. The molecule has 2 aromatic carbocycles. The summed E-state index contributed by atoms with van der Waals surface area (Å²) in [6.45, 7) is 7.63. The molecule has 0 saturated carbocycles. The van der Waals surface area contributed by atoms with Crippen LogP contribution in [0, 0.1) is 11.7 Å². The topological polar surface area (TPSA) is 88.1 Å². The van der Waals surface area contributed by atoms with E-state index >= 15 is 0 Å². The van der Waals surface area contributed by atoms with E-state index in [0.29, 0.717) is 37.1 Å². The number of anilines is 1. The van der Waals surface area contributed by atoms with Gasteiger partial charge in [-0.05, 0) is 61.6 Å². The Hall–Kier alpha value is -3.13. The number of aliphatic carboxylic acids is 1. The van der Waals surface area contributed by atoms with Crippen molar-refractivity contribution in [3.8, 4) is 5.75 Å². The fourth-order valence-corrected chi connectivity index (χ4v) is 4.13. The smallest absolute Gasteiger partial charge is 0.333 e. The quantitative estimate of drug-likeness (QED) is 0.294. The average molecular weight is 503 g/mol. The summed E-state index contributed by atoms with van der Waals surface area (Å²) in [7, 11) is 0. The Morgan fingerprint density at radius 2 is 1.75 bits per heavy atom. The van der Waals surface area contributed by atoms with Crippen molar-refractivity contribution in [1.29, 1.82) is 0 Å². The van der Waals surface area contributed by atoms with Crippen molar-refractivity contribution in [2.24, 2.45) is 5.92 Å². The van der Waals surface area contributed by atoms with Crippen molar-refractivity contribution in [3.05, 3.63) is 59.9 Å². The second-order valence-corrected chi connectivity index (χ2v) is 8.81. The molecular formula is C28H39FN2O5. The monoisotopic (exact) mass is 502 g/mol. The molecule has 0 radical (unpaired) electrons. The minimum Gasteiger partial charge on any atom is -0.492 e. The van der Waals surface area contributed by atoms with E-state index in [1.54, 1.807) is 36.1 Å². The summed E-state index contributed by atoms with van der Waals surface area (Å²) in [5.41, 5.74) is 1.25. The molecule has 0 bridgehead atoms. The number of rotatable bonds is 16. The normalized spacial score (nSPS) is 11.8. The molecule has 198 valence electrons. The summed E-state index contributed by atoms with van der Waals surface area (Å²) >= 11 is 0. The van der Waals surface area contributed by atoms with Crippen LogP contribution in [0.1, 0.15) is 52.0 Å². The van der Waals surface area contributed by atoms with E-state index in [2.05, 4.69) is 19.2 Å². The Kier molecular flexibility index (Phi) is 12.8. The molecule has 0 aliphatic heterocycles. The Morgan fingerprint density at radius 1 is 1.06 bits per heavy atom. The SMILES string of the molecule is CCCC(CCC)CN(CCOc1ccc(CC(OCC)C(=O)O)cc1)C(=O)Nc1cccc(F)c1. The molecular weight excluding hydrogens is 463 g/mol. The summed E-state index contributed by atoms with van der Waals surface area (Å²) in [5.74, 6) is -0.383. The molecule has 0 saturated heterocycles. The van der Waals surface area contributed by atoms with Gasteiger partial charge in [-0.2, -0.15) is 0 Å². The number of benzene rings is 2. The number of carbonyl (C=O) groups excluding carboxylic acids is 1. The largest absolute Gasteiger partial charge is 0.492 e. The number of amides is 2. The molecule has 0 aromatic heterocycles. The predicted octanol–water partition coefficient (Wildman–Crippen LogP) is 5.99. The highest BCUT2D eigenvalue weighted by Gasteiger charge is 2.20. The number of carbonyl (C=O) groups is 2. The second kappa shape index (κ2) is 15.8. The molecule has 0 fully saturated rings. The van der Waals surface area contributed by atoms with Crippen LogP contribution in [0.3, 0.4) is 0 Å². The summed E-state index contributed by atoms with van der Waals surface area (Å²) in [6.07, 6.45) is 3.52. The molecule has 8 heteroatoms. The molecule has 0 aliphatic carbocycles. The number of hydrogen-bond donors (Lipinski definition) is 2. The zero-order valence-corrected chi connectivity index (χ0v) is 21.5. The fraction of sp³-hybridized carbons (Fsp3) is 0.500. The molecule has 0 heterocycles. The van der Waals surface area contributed by atoms with Crippen LogP contribution in [0.5, 0.6) is 5.75 Å². The number of hydrogen-bond acceptors (Lipinski definition) is 4. The third kappa shape index (κ3) is 10.2. The van der Waals surface area contributed by atoms with Crippen LogP contribution < -0.4 is 10.1 Å². The van der Waals surface area contributed by atoms with E-state index in [1.165, 1.54) is 12.1 Å².